The smallest absolute Gasteiger partial charge is 0.318 e. The Morgan fingerprint density at radius 3 is 3.09 bits per heavy atom. The highest BCUT2D eigenvalue weighted by molar-refractivity contribution is 5.75. The Morgan fingerprint density at radius 1 is 1.39 bits per heavy atom. The van der Waals surface area contributed by atoms with Crippen LogP contribution in [0, 0.1) is 0 Å². The maximum atomic E-state index is 12.4. The first-order valence-corrected chi connectivity index (χ1v) is 8.51. The molecule has 0 radical (unpaired) electrons. The molecule has 0 aromatic carbocycles. The summed E-state index contributed by atoms with van der Waals surface area (Å²) in [5.41, 5.74) is 0. The van der Waals surface area contributed by atoms with Crippen LogP contribution in [-0.4, -0.2) is 43.8 Å². The van der Waals surface area contributed by atoms with Crippen molar-refractivity contribution in [1.29, 1.82) is 0 Å². The van der Waals surface area contributed by atoms with Crippen LogP contribution >= 0.6 is 0 Å². The molecule has 1 N–H and O–H groups in total. The van der Waals surface area contributed by atoms with Crippen molar-refractivity contribution in [3.8, 4) is 0 Å². The highest BCUT2D eigenvalue weighted by atomic mass is 16.5. The Hall–Kier alpha value is -1.53. The molecule has 2 atom stereocenters. The largest absolute Gasteiger partial charge is 0.461 e. The van der Waals surface area contributed by atoms with Crippen molar-refractivity contribution in [2.45, 2.75) is 50.9 Å². The van der Waals surface area contributed by atoms with E-state index in [9.17, 15) is 4.79 Å². The fraction of sp³-hybridized carbons (Fsp3) is 0.706. The third-order valence-electron chi connectivity index (χ3n) is 4.58. The summed E-state index contributed by atoms with van der Waals surface area (Å²) < 4.78 is 16.5. The van der Waals surface area contributed by atoms with Crippen molar-refractivity contribution in [1.82, 2.24) is 10.2 Å². The van der Waals surface area contributed by atoms with Crippen LogP contribution in [0.2, 0.25) is 0 Å². The van der Waals surface area contributed by atoms with Gasteiger partial charge >= 0.3 is 6.03 Å². The molecule has 2 fully saturated rings. The molecule has 1 aromatic heterocycles. The van der Waals surface area contributed by atoms with E-state index in [1.54, 1.807) is 7.11 Å². The molecule has 2 aliphatic heterocycles. The second kappa shape index (κ2) is 7.84. The average Bonchev–Trinajstić information content (AvgIpc) is 3.28. The molecule has 3 rings (SSSR count). The standard InChI is InChI=1S/C17H26N2O4/c1-21-12-14-6-7-16(23-14)15-5-2-10-19(15)17(20)18-9-8-13-4-3-11-22-13/h6-7,13,15H,2-5,8-12H2,1H3,(H,18,20)/t13-,15-/m0/s1. The predicted octanol–water partition coefficient (Wildman–Crippen LogP) is 2.84. The second-order valence-corrected chi connectivity index (χ2v) is 6.24. The van der Waals surface area contributed by atoms with Crippen molar-refractivity contribution >= 4 is 6.03 Å². The van der Waals surface area contributed by atoms with Crippen molar-refractivity contribution in [2.24, 2.45) is 0 Å². The van der Waals surface area contributed by atoms with Gasteiger partial charge in [0.25, 0.3) is 0 Å². The van der Waals surface area contributed by atoms with Crippen LogP contribution in [0.4, 0.5) is 4.79 Å². The van der Waals surface area contributed by atoms with E-state index in [0.29, 0.717) is 19.3 Å². The number of methoxy groups -OCH3 is 1. The zero-order valence-corrected chi connectivity index (χ0v) is 13.8. The lowest BCUT2D eigenvalue weighted by Crippen LogP contribution is -2.40. The lowest BCUT2D eigenvalue weighted by atomic mass is 10.1. The summed E-state index contributed by atoms with van der Waals surface area (Å²) in [6.45, 7) is 2.76. The number of rotatable bonds is 6. The Labute approximate surface area is 137 Å². The average molecular weight is 322 g/mol. The van der Waals surface area contributed by atoms with Gasteiger partial charge in [-0.05, 0) is 44.2 Å². The van der Waals surface area contributed by atoms with E-state index >= 15 is 0 Å². The molecule has 128 valence electrons. The molecule has 3 heterocycles. The van der Waals surface area contributed by atoms with Crippen LogP contribution in [0.5, 0.6) is 0 Å². The third kappa shape index (κ3) is 4.06. The summed E-state index contributed by atoms with van der Waals surface area (Å²) in [5.74, 6) is 1.65. The van der Waals surface area contributed by atoms with Gasteiger partial charge in [0.2, 0.25) is 0 Å². The summed E-state index contributed by atoms with van der Waals surface area (Å²) in [7, 11) is 1.64. The molecule has 2 saturated heterocycles. The highest BCUT2D eigenvalue weighted by Crippen LogP contribution is 2.33. The van der Waals surface area contributed by atoms with Gasteiger partial charge in [-0.15, -0.1) is 0 Å². The van der Waals surface area contributed by atoms with Gasteiger partial charge in [0, 0.05) is 26.8 Å². The second-order valence-electron chi connectivity index (χ2n) is 6.24. The molecule has 1 aromatic rings. The molecule has 2 aliphatic rings. The number of urea groups is 1. The van der Waals surface area contributed by atoms with E-state index < -0.39 is 0 Å². The van der Waals surface area contributed by atoms with Crippen molar-refractivity contribution in [3.05, 3.63) is 23.7 Å². The van der Waals surface area contributed by atoms with E-state index in [1.807, 2.05) is 17.0 Å². The van der Waals surface area contributed by atoms with Gasteiger partial charge in [0.15, 0.2) is 0 Å². The summed E-state index contributed by atoms with van der Waals surface area (Å²) in [6, 6.07) is 3.90. The zero-order chi connectivity index (χ0) is 16.1. The predicted molar refractivity (Wildman–Crippen MR) is 85.1 cm³/mol. The first-order chi connectivity index (χ1) is 11.3. The van der Waals surface area contributed by atoms with Gasteiger partial charge in [-0.3, -0.25) is 0 Å². The first kappa shape index (κ1) is 16.3. The van der Waals surface area contributed by atoms with Crippen molar-refractivity contribution < 1.29 is 18.7 Å². The van der Waals surface area contributed by atoms with Crippen molar-refractivity contribution in [2.75, 3.05) is 26.8 Å². The van der Waals surface area contributed by atoms with Crippen LogP contribution in [-0.2, 0) is 16.1 Å². The Kier molecular flexibility index (Phi) is 5.56. The van der Waals surface area contributed by atoms with Crippen LogP contribution in [0.15, 0.2) is 16.5 Å². The highest BCUT2D eigenvalue weighted by Gasteiger charge is 2.32. The molecular weight excluding hydrogens is 296 g/mol. The molecule has 0 aliphatic carbocycles. The minimum absolute atomic E-state index is 0.00446. The lowest BCUT2D eigenvalue weighted by Gasteiger charge is -2.24. The summed E-state index contributed by atoms with van der Waals surface area (Å²) >= 11 is 0. The number of carbonyl (C=O) groups excluding carboxylic acids is 1. The molecule has 0 spiro atoms. The monoisotopic (exact) mass is 322 g/mol. The molecular formula is C17H26N2O4. The summed E-state index contributed by atoms with van der Waals surface area (Å²) in [5, 5.41) is 3.02. The van der Waals surface area contributed by atoms with Crippen LogP contribution < -0.4 is 5.32 Å². The molecule has 6 heteroatoms. The first-order valence-electron chi connectivity index (χ1n) is 8.51. The fourth-order valence-electron chi connectivity index (χ4n) is 3.41. The minimum atomic E-state index is -0.00446. The van der Waals surface area contributed by atoms with E-state index in [1.165, 1.54) is 0 Å². The van der Waals surface area contributed by atoms with Gasteiger partial charge in [-0.1, -0.05) is 0 Å². The molecule has 0 bridgehead atoms. The topological polar surface area (TPSA) is 63.9 Å². The number of nitrogens with one attached hydrogen (secondary N) is 1. The number of furan rings is 1. The quantitative estimate of drug-likeness (QED) is 0.875. The van der Waals surface area contributed by atoms with Gasteiger partial charge in [0.1, 0.15) is 18.1 Å². The van der Waals surface area contributed by atoms with E-state index in [-0.39, 0.29) is 12.1 Å². The van der Waals surface area contributed by atoms with Crippen LogP contribution in [0.25, 0.3) is 0 Å². The van der Waals surface area contributed by atoms with Gasteiger partial charge in [-0.25, -0.2) is 4.79 Å². The normalized spacial score (nSPS) is 24.3. The van der Waals surface area contributed by atoms with Crippen molar-refractivity contribution in [3.63, 3.8) is 0 Å². The SMILES string of the molecule is COCc1ccc([C@@H]2CCCN2C(=O)NCC[C@@H]2CCCO2)o1. The van der Waals surface area contributed by atoms with E-state index in [2.05, 4.69) is 5.32 Å². The van der Waals surface area contributed by atoms with E-state index in [0.717, 1.165) is 56.8 Å². The molecule has 0 saturated carbocycles. The van der Waals surface area contributed by atoms with Gasteiger partial charge in [0.05, 0.1) is 12.1 Å². The fourth-order valence-corrected chi connectivity index (χ4v) is 3.41. The minimum Gasteiger partial charge on any atom is -0.461 e. The number of carbonyl (C=O) groups is 1. The van der Waals surface area contributed by atoms with E-state index in [4.69, 9.17) is 13.9 Å². The Balaban J connectivity index is 1.51. The Morgan fingerprint density at radius 2 is 2.30 bits per heavy atom. The Bertz CT molecular complexity index is 510. The van der Waals surface area contributed by atoms with Crippen LogP contribution in [0.3, 0.4) is 0 Å². The number of hydrogen-bond donors (Lipinski definition) is 1. The summed E-state index contributed by atoms with van der Waals surface area (Å²) in [4.78, 5) is 14.3. The zero-order valence-electron chi connectivity index (χ0n) is 13.8. The molecule has 2 amide bonds. The third-order valence-corrected chi connectivity index (χ3v) is 4.58. The molecule has 6 nitrogen and oxygen atoms in total. The van der Waals surface area contributed by atoms with Gasteiger partial charge < -0.3 is 24.1 Å². The molecule has 23 heavy (non-hydrogen) atoms. The number of ether oxygens (including phenoxy) is 2. The molecule has 0 unspecified atom stereocenters. The lowest BCUT2D eigenvalue weighted by molar-refractivity contribution is 0.104. The maximum absolute atomic E-state index is 12.4. The van der Waals surface area contributed by atoms with Gasteiger partial charge in [-0.2, -0.15) is 0 Å². The summed E-state index contributed by atoms with van der Waals surface area (Å²) in [6.07, 6.45) is 5.39. The number of nitrogens with zero attached hydrogens (tertiary/aromatic N) is 1. The number of likely N-dealkylation sites (tertiary alicyclic amines) is 1. The maximum Gasteiger partial charge on any atom is 0.318 e. The number of amides is 2. The van der Waals surface area contributed by atoms with Crippen LogP contribution in [0.1, 0.15) is 49.7 Å². The number of hydrogen-bond acceptors (Lipinski definition) is 4.